The van der Waals surface area contributed by atoms with Crippen molar-refractivity contribution in [3.8, 4) is 23.0 Å². The fourth-order valence-electron chi connectivity index (χ4n) is 1.72. The van der Waals surface area contributed by atoms with Crippen molar-refractivity contribution in [3.05, 3.63) is 36.3 Å². The van der Waals surface area contributed by atoms with Crippen molar-refractivity contribution in [2.45, 2.75) is 0 Å². The third-order valence-corrected chi connectivity index (χ3v) is 2.79. The van der Waals surface area contributed by atoms with Gasteiger partial charge in [0.15, 0.2) is 0 Å². The molecule has 0 spiro atoms. The first-order valence-electron chi connectivity index (χ1n) is 5.97. The highest BCUT2D eigenvalue weighted by Crippen LogP contribution is 2.20. The van der Waals surface area contributed by atoms with Gasteiger partial charge in [0.25, 0.3) is 11.9 Å². The zero-order valence-electron chi connectivity index (χ0n) is 11.0. The summed E-state index contributed by atoms with van der Waals surface area (Å²) in [5, 5.41) is 14.2. The Hall–Kier alpha value is -3.23. The van der Waals surface area contributed by atoms with Crippen LogP contribution in [0.15, 0.2) is 30.5 Å². The molecule has 0 saturated heterocycles. The van der Waals surface area contributed by atoms with E-state index in [0.717, 1.165) is 11.3 Å². The summed E-state index contributed by atoms with van der Waals surface area (Å²) in [6, 6.07) is 7.37. The highest BCUT2D eigenvalue weighted by atomic mass is 16.5. The molecule has 0 bridgehead atoms. The molecule has 3 rings (SSSR count). The van der Waals surface area contributed by atoms with Gasteiger partial charge in [-0.1, -0.05) is 5.21 Å². The molecule has 2 aromatic heterocycles. The molecule has 0 fully saturated rings. The van der Waals surface area contributed by atoms with Crippen molar-refractivity contribution in [2.75, 3.05) is 7.11 Å². The molecule has 0 radical (unpaired) electrons. The Bertz CT molecular complexity index is 775. The van der Waals surface area contributed by atoms with E-state index in [2.05, 4.69) is 25.5 Å². The van der Waals surface area contributed by atoms with Gasteiger partial charge in [-0.3, -0.25) is 9.89 Å². The van der Waals surface area contributed by atoms with E-state index >= 15 is 0 Å². The number of rotatable bonds is 4. The fraction of sp³-hybridized carbons (Fsp3) is 0.0833. The third-order valence-electron chi connectivity index (χ3n) is 2.79. The van der Waals surface area contributed by atoms with Gasteiger partial charge >= 0.3 is 0 Å². The maximum atomic E-state index is 11.0. The maximum absolute atomic E-state index is 11.0. The SMILES string of the molecule is COc1ccc(-c2cn(-c3n[nH]c(C(N)=O)n3)nn2)cc1. The standard InChI is InChI=1S/C12H11N7O2/c1-21-8-4-2-7(3-5-8)9-6-19(18-15-9)12-14-11(10(13)20)16-17-12/h2-6H,1H3,(H2,13,20)(H,14,16,17). The smallest absolute Gasteiger partial charge is 0.286 e. The van der Waals surface area contributed by atoms with Crippen LogP contribution in [-0.2, 0) is 0 Å². The Labute approximate surface area is 118 Å². The van der Waals surface area contributed by atoms with Crippen molar-refractivity contribution in [2.24, 2.45) is 5.73 Å². The molecular formula is C12H11N7O2. The van der Waals surface area contributed by atoms with E-state index in [-0.39, 0.29) is 11.8 Å². The molecule has 0 aliphatic carbocycles. The summed E-state index contributed by atoms with van der Waals surface area (Å²) in [7, 11) is 1.60. The summed E-state index contributed by atoms with van der Waals surface area (Å²) in [5.74, 6) is 0.220. The lowest BCUT2D eigenvalue weighted by Crippen LogP contribution is -2.13. The summed E-state index contributed by atoms with van der Waals surface area (Å²) < 4.78 is 6.45. The van der Waals surface area contributed by atoms with Crippen molar-refractivity contribution < 1.29 is 9.53 Å². The number of hydrogen-bond acceptors (Lipinski definition) is 6. The number of amides is 1. The summed E-state index contributed by atoms with van der Waals surface area (Å²) >= 11 is 0. The molecule has 0 saturated carbocycles. The number of primary amides is 1. The molecule has 9 nitrogen and oxygen atoms in total. The quantitative estimate of drug-likeness (QED) is 0.703. The number of carbonyl (C=O) groups is 1. The minimum atomic E-state index is -0.691. The Kier molecular flexibility index (Phi) is 3.07. The van der Waals surface area contributed by atoms with Crippen molar-refractivity contribution in [1.29, 1.82) is 0 Å². The van der Waals surface area contributed by atoms with E-state index in [1.54, 1.807) is 13.3 Å². The summed E-state index contributed by atoms with van der Waals surface area (Å²) in [4.78, 5) is 14.9. The van der Waals surface area contributed by atoms with Crippen LogP contribution in [0, 0.1) is 0 Å². The van der Waals surface area contributed by atoms with E-state index in [1.165, 1.54) is 4.68 Å². The molecule has 9 heteroatoms. The van der Waals surface area contributed by atoms with Crippen LogP contribution in [0.5, 0.6) is 5.75 Å². The van der Waals surface area contributed by atoms with Crippen LogP contribution >= 0.6 is 0 Å². The number of ether oxygens (including phenoxy) is 1. The topological polar surface area (TPSA) is 125 Å². The molecule has 3 aromatic rings. The molecule has 21 heavy (non-hydrogen) atoms. The molecule has 0 atom stereocenters. The lowest BCUT2D eigenvalue weighted by atomic mass is 10.2. The number of nitrogens with zero attached hydrogens (tertiary/aromatic N) is 5. The van der Waals surface area contributed by atoms with Gasteiger partial charge in [-0.2, -0.15) is 9.67 Å². The van der Waals surface area contributed by atoms with E-state index < -0.39 is 5.91 Å². The second kappa shape index (κ2) is 5.04. The fourth-order valence-corrected chi connectivity index (χ4v) is 1.72. The molecular weight excluding hydrogens is 274 g/mol. The number of H-pyrrole nitrogens is 1. The molecule has 106 valence electrons. The number of nitrogens with two attached hydrogens (primary N) is 1. The van der Waals surface area contributed by atoms with Crippen LogP contribution < -0.4 is 10.5 Å². The van der Waals surface area contributed by atoms with Gasteiger partial charge in [-0.15, -0.1) is 10.2 Å². The number of nitrogens with one attached hydrogen (secondary N) is 1. The van der Waals surface area contributed by atoms with Gasteiger partial charge in [-0.25, -0.2) is 0 Å². The third kappa shape index (κ3) is 2.43. The summed E-state index contributed by atoms with van der Waals surface area (Å²) in [5.41, 5.74) is 6.61. The van der Waals surface area contributed by atoms with Crippen molar-refractivity contribution >= 4 is 5.91 Å². The molecule has 0 unspecified atom stereocenters. The summed E-state index contributed by atoms with van der Waals surface area (Å²) in [6.07, 6.45) is 1.65. The lowest BCUT2D eigenvalue weighted by molar-refractivity contribution is 0.0991. The number of aromatic nitrogens is 6. The Balaban J connectivity index is 1.89. The first kappa shape index (κ1) is 12.8. The van der Waals surface area contributed by atoms with Gasteiger partial charge in [0.05, 0.1) is 13.3 Å². The molecule has 1 aromatic carbocycles. The Morgan fingerprint density at radius 2 is 2.10 bits per heavy atom. The Morgan fingerprint density at radius 1 is 1.33 bits per heavy atom. The van der Waals surface area contributed by atoms with Gasteiger partial charge in [0.2, 0.25) is 5.82 Å². The number of aromatic amines is 1. The molecule has 0 aliphatic rings. The van der Waals surface area contributed by atoms with Crippen LogP contribution in [0.25, 0.3) is 17.2 Å². The maximum Gasteiger partial charge on any atom is 0.286 e. The van der Waals surface area contributed by atoms with Crippen LogP contribution in [0.1, 0.15) is 10.6 Å². The minimum Gasteiger partial charge on any atom is -0.497 e. The van der Waals surface area contributed by atoms with Gasteiger partial charge < -0.3 is 10.5 Å². The van der Waals surface area contributed by atoms with Crippen molar-refractivity contribution in [3.63, 3.8) is 0 Å². The van der Waals surface area contributed by atoms with Gasteiger partial charge in [0.1, 0.15) is 11.4 Å². The average molecular weight is 285 g/mol. The van der Waals surface area contributed by atoms with Crippen LogP contribution in [0.2, 0.25) is 0 Å². The number of hydrogen-bond donors (Lipinski definition) is 2. The van der Waals surface area contributed by atoms with E-state index in [1.807, 2.05) is 24.3 Å². The van der Waals surface area contributed by atoms with Gasteiger partial charge in [-0.05, 0) is 24.3 Å². The number of benzene rings is 1. The first-order chi connectivity index (χ1) is 10.2. The van der Waals surface area contributed by atoms with E-state index in [9.17, 15) is 4.79 Å². The molecule has 1 amide bonds. The van der Waals surface area contributed by atoms with Crippen LogP contribution in [-0.4, -0.2) is 43.2 Å². The second-order valence-electron chi connectivity index (χ2n) is 4.13. The monoisotopic (exact) mass is 285 g/mol. The molecule has 3 N–H and O–H groups in total. The molecule has 0 aliphatic heterocycles. The zero-order chi connectivity index (χ0) is 14.8. The highest BCUT2D eigenvalue weighted by Gasteiger charge is 2.12. The lowest BCUT2D eigenvalue weighted by Gasteiger charge is -1.99. The normalized spacial score (nSPS) is 10.5. The van der Waals surface area contributed by atoms with E-state index in [0.29, 0.717) is 5.69 Å². The van der Waals surface area contributed by atoms with Crippen molar-refractivity contribution in [1.82, 2.24) is 30.2 Å². The zero-order valence-corrected chi connectivity index (χ0v) is 11.0. The molecule has 2 heterocycles. The number of methoxy groups -OCH3 is 1. The van der Waals surface area contributed by atoms with Crippen LogP contribution in [0.3, 0.4) is 0 Å². The minimum absolute atomic E-state index is 0.0357. The second-order valence-corrected chi connectivity index (χ2v) is 4.13. The van der Waals surface area contributed by atoms with Gasteiger partial charge in [0, 0.05) is 5.56 Å². The Morgan fingerprint density at radius 3 is 2.71 bits per heavy atom. The predicted octanol–water partition coefficient (Wildman–Crippen LogP) is 0.160. The largest absolute Gasteiger partial charge is 0.497 e. The average Bonchev–Trinajstić information content (AvgIpc) is 3.16. The summed E-state index contributed by atoms with van der Waals surface area (Å²) in [6.45, 7) is 0. The van der Waals surface area contributed by atoms with Crippen LogP contribution in [0.4, 0.5) is 0 Å². The highest BCUT2D eigenvalue weighted by molar-refractivity contribution is 5.88. The first-order valence-corrected chi connectivity index (χ1v) is 5.97. The number of carbonyl (C=O) groups excluding carboxylic acids is 1. The predicted molar refractivity (Wildman–Crippen MR) is 71.8 cm³/mol. The van der Waals surface area contributed by atoms with E-state index in [4.69, 9.17) is 10.5 Å².